The van der Waals surface area contributed by atoms with Crippen molar-refractivity contribution in [3.05, 3.63) is 64.3 Å². The van der Waals surface area contributed by atoms with Crippen LogP contribution in [0.3, 0.4) is 0 Å². The van der Waals surface area contributed by atoms with Gasteiger partial charge in [-0.2, -0.15) is 5.26 Å². The smallest absolute Gasteiger partial charge is 0.267 e. The minimum atomic E-state index is -0.530. The van der Waals surface area contributed by atoms with E-state index in [9.17, 15) is 10.1 Å². The molecule has 0 radical (unpaired) electrons. The van der Waals surface area contributed by atoms with E-state index in [-0.39, 0.29) is 5.57 Å². The molecule has 25 heavy (non-hydrogen) atoms. The average molecular weight is 356 g/mol. The van der Waals surface area contributed by atoms with Crippen LogP contribution in [-0.4, -0.2) is 13.0 Å². The van der Waals surface area contributed by atoms with Gasteiger partial charge < -0.3 is 15.4 Å². The molecule has 0 saturated heterocycles. The van der Waals surface area contributed by atoms with Crippen molar-refractivity contribution in [1.82, 2.24) is 0 Å². The molecule has 0 fully saturated rings. The van der Waals surface area contributed by atoms with Gasteiger partial charge in [0.25, 0.3) is 5.91 Å². The van der Waals surface area contributed by atoms with Gasteiger partial charge in [-0.15, -0.1) is 0 Å². The van der Waals surface area contributed by atoms with Crippen molar-refractivity contribution in [3.63, 3.8) is 0 Å². The maximum Gasteiger partial charge on any atom is 0.267 e. The van der Waals surface area contributed by atoms with Crippen LogP contribution >= 0.6 is 11.6 Å². The number of methoxy groups -OCH3 is 1. The second kappa shape index (κ2) is 8.22. The van der Waals surface area contributed by atoms with E-state index in [2.05, 4.69) is 10.6 Å². The first kappa shape index (κ1) is 18.4. The second-order valence-corrected chi connectivity index (χ2v) is 5.84. The van der Waals surface area contributed by atoms with E-state index >= 15 is 0 Å². The molecule has 2 aromatic rings. The molecule has 0 bridgehead atoms. The summed E-state index contributed by atoms with van der Waals surface area (Å²) in [4.78, 5) is 12.3. The molecule has 0 aliphatic carbocycles. The molecule has 0 aromatic heterocycles. The van der Waals surface area contributed by atoms with Crippen LogP contribution in [0.1, 0.15) is 11.1 Å². The summed E-state index contributed by atoms with van der Waals surface area (Å²) < 4.78 is 5.22. The van der Waals surface area contributed by atoms with Crippen molar-refractivity contribution in [2.24, 2.45) is 0 Å². The van der Waals surface area contributed by atoms with Gasteiger partial charge in [0.05, 0.1) is 12.8 Å². The van der Waals surface area contributed by atoms with E-state index in [4.69, 9.17) is 16.3 Å². The third kappa shape index (κ3) is 4.75. The van der Waals surface area contributed by atoms with Crippen molar-refractivity contribution in [2.45, 2.75) is 13.8 Å². The van der Waals surface area contributed by atoms with Crippen LogP contribution in [0, 0.1) is 25.2 Å². The highest BCUT2D eigenvalue weighted by atomic mass is 35.5. The molecule has 1 amide bonds. The Hall–Kier alpha value is -2.97. The molecule has 0 aliphatic rings. The maximum absolute atomic E-state index is 12.3. The van der Waals surface area contributed by atoms with E-state index in [1.54, 1.807) is 18.2 Å². The summed E-state index contributed by atoms with van der Waals surface area (Å²) in [6, 6.07) is 12.7. The summed E-state index contributed by atoms with van der Waals surface area (Å²) in [6.45, 7) is 3.80. The fourth-order valence-electron chi connectivity index (χ4n) is 2.10. The Kier molecular flexibility index (Phi) is 6.04. The van der Waals surface area contributed by atoms with Crippen LogP contribution in [0.4, 0.5) is 11.4 Å². The molecule has 0 spiro atoms. The highest BCUT2D eigenvalue weighted by molar-refractivity contribution is 6.31. The SMILES string of the molecule is COc1ccc(C)cc1NC(=O)/C(C#N)=C\Nc1ccc(C)c(Cl)c1. The van der Waals surface area contributed by atoms with Gasteiger partial charge in [0, 0.05) is 16.9 Å². The summed E-state index contributed by atoms with van der Waals surface area (Å²) in [6.07, 6.45) is 1.35. The zero-order chi connectivity index (χ0) is 18.4. The lowest BCUT2D eigenvalue weighted by Crippen LogP contribution is -2.15. The minimum absolute atomic E-state index is 0.0692. The van der Waals surface area contributed by atoms with Crippen LogP contribution in [-0.2, 0) is 4.79 Å². The van der Waals surface area contributed by atoms with Gasteiger partial charge in [-0.25, -0.2) is 0 Å². The minimum Gasteiger partial charge on any atom is -0.495 e. The van der Waals surface area contributed by atoms with Crippen molar-refractivity contribution in [3.8, 4) is 11.8 Å². The number of halogens is 1. The molecule has 0 aliphatic heterocycles. The third-order valence-electron chi connectivity index (χ3n) is 3.52. The van der Waals surface area contributed by atoms with E-state index < -0.39 is 5.91 Å². The van der Waals surface area contributed by atoms with Crippen LogP contribution in [0.5, 0.6) is 5.75 Å². The number of amides is 1. The van der Waals surface area contributed by atoms with Crippen LogP contribution in [0.2, 0.25) is 5.02 Å². The number of carbonyl (C=O) groups is 1. The fraction of sp³-hybridized carbons (Fsp3) is 0.158. The number of aryl methyl sites for hydroxylation is 2. The lowest BCUT2D eigenvalue weighted by Gasteiger charge is -2.11. The monoisotopic (exact) mass is 355 g/mol. The number of nitrogens with zero attached hydrogens (tertiary/aromatic N) is 1. The first-order valence-electron chi connectivity index (χ1n) is 7.53. The van der Waals surface area contributed by atoms with Crippen molar-refractivity contribution in [2.75, 3.05) is 17.7 Å². The molecule has 2 aromatic carbocycles. The maximum atomic E-state index is 12.3. The number of benzene rings is 2. The number of hydrogen-bond donors (Lipinski definition) is 2. The number of nitriles is 1. The Morgan fingerprint density at radius 2 is 2.00 bits per heavy atom. The van der Waals surface area contributed by atoms with Gasteiger partial charge in [0.1, 0.15) is 17.4 Å². The number of rotatable bonds is 5. The van der Waals surface area contributed by atoms with E-state index in [1.165, 1.54) is 13.3 Å². The highest BCUT2D eigenvalue weighted by Gasteiger charge is 2.12. The lowest BCUT2D eigenvalue weighted by atomic mass is 10.2. The molecule has 0 unspecified atom stereocenters. The van der Waals surface area contributed by atoms with E-state index in [0.29, 0.717) is 22.1 Å². The Bertz CT molecular complexity index is 869. The predicted octanol–water partition coefficient (Wildman–Crippen LogP) is 4.42. The highest BCUT2D eigenvalue weighted by Crippen LogP contribution is 2.25. The summed E-state index contributed by atoms with van der Waals surface area (Å²) in [5.74, 6) is -0.00776. The van der Waals surface area contributed by atoms with Gasteiger partial charge in [-0.3, -0.25) is 4.79 Å². The van der Waals surface area contributed by atoms with Crippen molar-refractivity contribution < 1.29 is 9.53 Å². The normalized spacial score (nSPS) is 10.8. The van der Waals surface area contributed by atoms with Crippen molar-refractivity contribution >= 4 is 28.9 Å². The standard InChI is InChI=1S/C19H18ClN3O2/c1-12-4-7-18(25-3)17(8-12)23-19(24)14(10-21)11-22-15-6-5-13(2)16(20)9-15/h4-9,11,22H,1-3H3,(H,23,24)/b14-11-. The van der Waals surface area contributed by atoms with Gasteiger partial charge in [0.2, 0.25) is 0 Å². The summed E-state index contributed by atoms with van der Waals surface area (Å²) >= 11 is 6.06. The van der Waals surface area contributed by atoms with Crippen LogP contribution in [0.15, 0.2) is 48.2 Å². The number of ether oxygens (including phenoxy) is 1. The summed E-state index contributed by atoms with van der Waals surface area (Å²) in [7, 11) is 1.52. The Labute approximate surface area is 151 Å². The molecule has 6 heteroatoms. The van der Waals surface area contributed by atoms with Gasteiger partial charge in [0.15, 0.2) is 0 Å². The molecule has 5 nitrogen and oxygen atoms in total. The quantitative estimate of drug-likeness (QED) is 0.615. The van der Waals surface area contributed by atoms with E-state index in [0.717, 1.165) is 11.1 Å². The zero-order valence-electron chi connectivity index (χ0n) is 14.2. The Morgan fingerprint density at radius 3 is 2.64 bits per heavy atom. The Balaban J connectivity index is 2.17. The Morgan fingerprint density at radius 1 is 1.24 bits per heavy atom. The van der Waals surface area contributed by atoms with Gasteiger partial charge in [-0.05, 0) is 49.2 Å². The van der Waals surface area contributed by atoms with Crippen LogP contribution in [0.25, 0.3) is 0 Å². The third-order valence-corrected chi connectivity index (χ3v) is 3.93. The molecular formula is C19H18ClN3O2. The predicted molar refractivity (Wildman–Crippen MR) is 99.9 cm³/mol. The largest absolute Gasteiger partial charge is 0.495 e. The summed E-state index contributed by atoms with van der Waals surface area (Å²) in [5.41, 5.74) is 3.03. The van der Waals surface area contributed by atoms with Gasteiger partial charge in [-0.1, -0.05) is 23.7 Å². The fourth-order valence-corrected chi connectivity index (χ4v) is 2.28. The van der Waals surface area contributed by atoms with E-state index in [1.807, 2.05) is 38.1 Å². The topological polar surface area (TPSA) is 74.1 Å². The molecule has 0 atom stereocenters. The number of nitrogens with one attached hydrogen (secondary N) is 2. The lowest BCUT2D eigenvalue weighted by molar-refractivity contribution is -0.112. The molecule has 2 rings (SSSR count). The zero-order valence-corrected chi connectivity index (χ0v) is 14.9. The number of carbonyl (C=O) groups excluding carboxylic acids is 1. The molecular weight excluding hydrogens is 338 g/mol. The average Bonchev–Trinajstić information content (AvgIpc) is 2.58. The van der Waals surface area contributed by atoms with Gasteiger partial charge >= 0.3 is 0 Å². The molecule has 128 valence electrons. The van der Waals surface area contributed by atoms with Crippen molar-refractivity contribution in [1.29, 1.82) is 5.26 Å². The molecule has 2 N–H and O–H groups in total. The summed E-state index contributed by atoms with van der Waals surface area (Å²) in [5, 5.41) is 15.5. The second-order valence-electron chi connectivity index (χ2n) is 5.44. The number of hydrogen-bond acceptors (Lipinski definition) is 4. The number of anilines is 2. The molecule has 0 saturated carbocycles. The van der Waals surface area contributed by atoms with Crippen LogP contribution < -0.4 is 15.4 Å². The molecule has 0 heterocycles. The first-order chi connectivity index (χ1) is 11.9. The first-order valence-corrected chi connectivity index (χ1v) is 7.91.